The summed E-state index contributed by atoms with van der Waals surface area (Å²) in [5, 5.41) is 7.80. The lowest BCUT2D eigenvalue weighted by Gasteiger charge is -2.13. The van der Waals surface area contributed by atoms with Crippen LogP contribution in [0.2, 0.25) is 10.0 Å². The van der Waals surface area contributed by atoms with Crippen molar-refractivity contribution >= 4 is 51.9 Å². The lowest BCUT2D eigenvalue weighted by molar-refractivity contribution is 1.34. The third kappa shape index (κ3) is 3.85. The minimum absolute atomic E-state index is 0.470. The first-order valence-electron chi connectivity index (χ1n) is 6.06. The summed E-state index contributed by atoms with van der Waals surface area (Å²) in [6, 6.07) is 11.3. The summed E-state index contributed by atoms with van der Waals surface area (Å²) in [5.74, 6) is 0. The van der Waals surface area contributed by atoms with Crippen molar-refractivity contribution in [2.24, 2.45) is 0 Å². The molecule has 0 aliphatic rings. The van der Waals surface area contributed by atoms with Crippen molar-refractivity contribution in [3.05, 3.63) is 57.6 Å². The highest BCUT2D eigenvalue weighted by atomic mass is 35.5. The Labute approximate surface area is 134 Å². The molecule has 0 saturated heterocycles. The van der Waals surface area contributed by atoms with E-state index >= 15 is 0 Å². The molecule has 5 heteroatoms. The molecule has 0 aliphatic heterocycles. The van der Waals surface area contributed by atoms with Gasteiger partial charge in [0.15, 0.2) is 5.11 Å². The first-order valence-corrected chi connectivity index (χ1v) is 7.22. The van der Waals surface area contributed by atoms with Gasteiger partial charge in [-0.2, -0.15) is 0 Å². The Morgan fingerprint density at radius 2 is 1.70 bits per heavy atom. The number of hydrogen-bond acceptors (Lipinski definition) is 1. The fourth-order valence-electron chi connectivity index (χ4n) is 1.70. The summed E-state index contributed by atoms with van der Waals surface area (Å²) in [6.45, 7) is 4.13. The molecule has 0 atom stereocenters. The number of thiocarbonyl (C=S) groups is 1. The zero-order valence-electron chi connectivity index (χ0n) is 11.1. The van der Waals surface area contributed by atoms with E-state index in [-0.39, 0.29) is 0 Å². The zero-order chi connectivity index (χ0) is 14.7. The van der Waals surface area contributed by atoms with Gasteiger partial charge in [0.2, 0.25) is 0 Å². The molecule has 0 radical (unpaired) electrons. The average Bonchev–Trinajstić information content (AvgIpc) is 2.38. The van der Waals surface area contributed by atoms with E-state index in [1.165, 1.54) is 11.1 Å². The van der Waals surface area contributed by atoms with Gasteiger partial charge >= 0.3 is 0 Å². The van der Waals surface area contributed by atoms with Crippen molar-refractivity contribution in [3.8, 4) is 0 Å². The monoisotopic (exact) mass is 324 g/mol. The molecule has 2 rings (SSSR count). The van der Waals surface area contributed by atoms with Crippen LogP contribution in [0.5, 0.6) is 0 Å². The van der Waals surface area contributed by atoms with E-state index in [9.17, 15) is 0 Å². The van der Waals surface area contributed by atoms with Crippen LogP contribution in [0.15, 0.2) is 36.4 Å². The molecule has 0 fully saturated rings. The largest absolute Gasteiger partial charge is 0.332 e. The van der Waals surface area contributed by atoms with E-state index in [0.717, 1.165) is 5.69 Å². The minimum atomic E-state index is 0.470. The maximum Gasteiger partial charge on any atom is 0.175 e. The van der Waals surface area contributed by atoms with Gasteiger partial charge in [0.25, 0.3) is 0 Å². The summed E-state index contributed by atoms with van der Waals surface area (Å²) in [5.41, 5.74) is 4.06. The van der Waals surface area contributed by atoms with Gasteiger partial charge < -0.3 is 10.6 Å². The molecule has 0 aromatic heterocycles. The van der Waals surface area contributed by atoms with Crippen LogP contribution in [-0.2, 0) is 0 Å². The normalized spacial score (nSPS) is 10.2. The number of nitrogens with one attached hydrogen (secondary N) is 2. The molecule has 2 N–H and O–H groups in total. The fourth-order valence-corrected chi connectivity index (χ4v) is 2.26. The molecule has 2 nitrogen and oxygen atoms in total. The van der Waals surface area contributed by atoms with Crippen molar-refractivity contribution in [1.82, 2.24) is 0 Å². The first-order chi connectivity index (χ1) is 9.45. The van der Waals surface area contributed by atoms with Crippen molar-refractivity contribution in [1.29, 1.82) is 0 Å². The van der Waals surface area contributed by atoms with Crippen LogP contribution in [0.4, 0.5) is 11.4 Å². The standard InChI is InChI=1S/C15H14Cl2N2S/c1-9-3-5-12(7-10(9)2)18-15(20)19-14-8-11(16)4-6-13(14)17/h3-8H,1-2H3,(H2,18,19,20). The summed E-state index contributed by atoms with van der Waals surface area (Å²) in [7, 11) is 0. The maximum absolute atomic E-state index is 6.08. The molecular weight excluding hydrogens is 311 g/mol. The number of rotatable bonds is 2. The van der Waals surface area contributed by atoms with Crippen LogP contribution >= 0.6 is 35.4 Å². The fraction of sp³-hybridized carbons (Fsp3) is 0.133. The summed E-state index contributed by atoms with van der Waals surface area (Å²) in [4.78, 5) is 0. The predicted molar refractivity (Wildman–Crippen MR) is 92.2 cm³/mol. The molecule has 0 amide bonds. The Kier molecular flexibility index (Phi) is 4.86. The van der Waals surface area contributed by atoms with Crippen LogP contribution in [-0.4, -0.2) is 5.11 Å². The molecule has 0 heterocycles. The highest BCUT2D eigenvalue weighted by Gasteiger charge is 2.04. The van der Waals surface area contributed by atoms with Gasteiger partial charge in [-0.15, -0.1) is 0 Å². The zero-order valence-corrected chi connectivity index (χ0v) is 13.5. The molecule has 20 heavy (non-hydrogen) atoms. The van der Waals surface area contributed by atoms with Crippen LogP contribution < -0.4 is 10.6 Å². The third-order valence-electron chi connectivity index (χ3n) is 2.94. The van der Waals surface area contributed by atoms with Gasteiger partial charge in [-0.3, -0.25) is 0 Å². The van der Waals surface area contributed by atoms with E-state index in [0.29, 0.717) is 20.8 Å². The topological polar surface area (TPSA) is 24.1 Å². The predicted octanol–water partition coefficient (Wildman–Crippen LogP) is 5.42. The molecular formula is C15H14Cl2N2S. The van der Waals surface area contributed by atoms with Crippen LogP contribution in [0.3, 0.4) is 0 Å². The molecule has 104 valence electrons. The maximum atomic E-state index is 6.08. The Morgan fingerprint density at radius 1 is 0.950 bits per heavy atom. The lowest BCUT2D eigenvalue weighted by atomic mass is 10.1. The third-order valence-corrected chi connectivity index (χ3v) is 3.71. The molecule has 0 aliphatic carbocycles. The Morgan fingerprint density at radius 3 is 2.40 bits per heavy atom. The Bertz CT molecular complexity index is 656. The Hall–Kier alpha value is -1.29. The summed E-state index contributed by atoms with van der Waals surface area (Å²) >= 11 is 17.3. The molecule has 0 saturated carbocycles. The van der Waals surface area contributed by atoms with Gasteiger partial charge in [-0.05, 0) is 67.5 Å². The van der Waals surface area contributed by atoms with E-state index in [2.05, 4.69) is 24.5 Å². The van der Waals surface area contributed by atoms with Gasteiger partial charge in [0.1, 0.15) is 0 Å². The highest BCUT2D eigenvalue weighted by Crippen LogP contribution is 2.25. The van der Waals surface area contributed by atoms with Crippen LogP contribution in [0.1, 0.15) is 11.1 Å². The smallest absolute Gasteiger partial charge is 0.175 e. The highest BCUT2D eigenvalue weighted by molar-refractivity contribution is 7.80. The minimum Gasteiger partial charge on any atom is -0.332 e. The van der Waals surface area contributed by atoms with Crippen LogP contribution in [0, 0.1) is 13.8 Å². The number of aryl methyl sites for hydroxylation is 2. The molecule has 2 aromatic carbocycles. The van der Waals surface area contributed by atoms with E-state index in [4.69, 9.17) is 35.4 Å². The van der Waals surface area contributed by atoms with Gasteiger partial charge in [-0.25, -0.2) is 0 Å². The number of hydrogen-bond donors (Lipinski definition) is 2. The van der Waals surface area contributed by atoms with Crippen molar-refractivity contribution in [3.63, 3.8) is 0 Å². The molecule has 0 spiro atoms. The van der Waals surface area contributed by atoms with Crippen LogP contribution in [0.25, 0.3) is 0 Å². The molecule has 0 bridgehead atoms. The molecule has 2 aromatic rings. The van der Waals surface area contributed by atoms with Crippen molar-refractivity contribution in [2.45, 2.75) is 13.8 Å². The van der Waals surface area contributed by atoms with Crippen molar-refractivity contribution in [2.75, 3.05) is 10.6 Å². The van der Waals surface area contributed by atoms with Gasteiger partial charge in [0.05, 0.1) is 10.7 Å². The quantitative estimate of drug-likeness (QED) is 0.721. The van der Waals surface area contributed by atoms with E-state index in [1.807, 2.05) is 18.2 Å². The summed E-state index contributed by atoms with van der Waals surface area (Å²) in [6.07, 6.45) is 0. The molecule has 0 unspecified atom stereocenters. The second kappa shape index (κ2) is 6.44. The van der Waals surface area contributed by atoms with E-state index in [1.54, 1.807) is 18.2 Å². The van der Waals surface area contributed by atoms with Gasteiger partial charge in [-0.1, -0.05) is 29.3 Å². The lowest BCUT2D eigenvalue weighted by Crippen LogP contribution is -2.19. The number of anilines is 2. The van der Waals surface area contributed by atoms with Crippen molar-refractivity contribution < 1.29 is 0 Å². The average molecular weight is 325 g/mol. The first kappa shape index (κ1) is 15.1. The SMILES string of the molecule is Cc1ccc(NC(=S)Nc2cc(Cl)ccc2Cl)cc1C. The number of halogens is 2. The Balaban J connectivity index is 2.09. The van der Waals surface area contributed by atoms with Gasteiger partial charge in [0, 0.05) is 10.7 Å². The second-order valence-corrected chi connectivity index (χ2v) is 5.75. The number of benzene rings is 2. The summed E-state index contributed by atoms with van der Waals surface area (Å²) < 4.78 is 0. The van der Waals surface area contributed by atoms with E-state index < -0.39 is 0 Å². The second-order valence-electron chi connectivity index (χ2n) is 4.50.